The maximum Gasteiger partial charge on any atom is 0.0748 e. The fraction of sp³-hybridized carbons (Fsp3) is 0.0294. The third-order valence-corrected chi connectivity index (χ3v) is 5.90. The molecule has 0 N–H and O–H groups in total. The van der Waals surface area contributed by atoms with Gasteiger partial charge in [0.05, 0.1) is 5.82 Å². The molecule has 0 amide bonds. The van der Waals surface area contributed by atoms with Gasteiger partial charge in [-0.15, -0.1) is 71.3 Å². The number of benzene rings is 4. The van der Waals surface area contributed by atoms with Gasteiger partial charge >= 0.3 is 0 Å². The summed E-state index contributed by atoms with van der Waals surface area (Å²) in [6.45, 7) is 2.12. The molecule has 2 heterocycles. The van der Waals surface area contributed by atoms with Gasteiger partial charge in [0.15, 0.2) is 0 Å². The number of hydrogen-bond acceptors (Lipinski definition) is 3. The van der Waals surface area contributed by atoms with Gasteiger partial charge in [-0.3, -0.25) is 9.97 Å². The molecular formula is C34H25IrN3-2. The molecule has 187 valence electrons. The predicted molar refractivity (Wildman–Crippen MR) is 150 cm³/mol. The summed E-state index contributed by atoms with van der Waals surface area (Å²) < 4.78 is 0. The van der Waals surface area contributed by atoms with E-state index in [1.807, 2.05) is 85.1 Å². The first-order valence-corrected chi connectivity index (χ1v) is 12.1. The third kappa shape index (κ3) is 6.74. The predicted octanol–water partition coefficient (Wildman–Crippen LogP) is 8.13. The molecule has 0 fully saturated rings. The van der Waals surface area contributed by atoms with Crippen molar-refractivity contribution >= 4 is 0 Å². The Morgan fingerprint density at radius 1 is 0.553 bits per heavy atom. The van der Waals surface area contributed by atoms with Gasteiger partial charge in [0.25, 0.3) is 0 Å². The first-order chi connectivity index (χ1) is 18.3. The summed E-state index contributed by atoms with van der Waals surface area (Å²) >= 11 is 0. The molecule has 3 nitrogen and oxygen atoms in total. The van der Waals surface area contributed by atoms with Crippen LogP contribution in [-0.2, 0) is 20.1 Å². The molecule has 0 unspecified atom stereocenters. The minimum absolute atomic E-state index is 0. The molecule has 0 aliphatic carbocycles. The van der Waals surface area contributed by atoms with Crippen LogP contribution >= 0.6 is 0 Å². The summed E-state index contributed by atoms with van der Waals surface area (Å²) in [5.41, 5.74) is 8.87. The van der Waals surface area contributed by atoms with Crippen LogP contribution in [-0.4, -0.2) is 15.0 Å². The van der Waals surface area contributed by atoms with Crippen LogP contribution in [0, 0.1) is 19.1 Å². The smallest absolute Gasteiger partial charge is 0.0748 e. The Bertz CT molecular complexity index is 1500. The zero-order valence-corrected chi connectivity index (χ0v) is 23.3. The van der Waals surface area contributed by atoms with Crippen molar-refractivity contribution in [1.29, 1.82) is 0 Å². The maximum absolute atomic E-state index is 4.55. The molecule has 1 radical (unpaired) electrons. The number of rotatable bonds is 4. The number of hydrogen-bond donors (Lipinski definition) is 0. The first-order valence-electron chi connectivity index (χ1n) is 12.1. The fourth-order valence-corrected chi connectivity index (χ4v) is 4.02. The molecule has 4 heteroatoms. The van der Waals surface area contributed by atoms with Gasteiger partial charge in [-0.05, 0) is 35.4 Å². The summed E-state index contributed by atoms with van der Waals surface area (Å²) in [5, 5.41) is 0. The molecule has 0 aliphatic rings. The van der Waals surface area contributed by atoms with E-state index in [9.17, 15) is 0 Å². The van der Waals surface area contributed by atoms with Gasteiger partial charge < -0.3 is 4.98 Å². The van der Waals surface area contributed by atoms with Crippen LogP contribution in [0.2, 0.25) is 0 Å². The zero-order valence-electron chi connectivity index (χ0n) is 20.9. The third-order valence-electron chi connectivity index (χ3n) is 5.90. The zero-order chi connectivity index (χ0) is 25.3. The van der Waals surface area contributed by atoms with Crippen LogP contribution in [0.15, 0.2) is 134 Å². The standard InChI is InChI=1S/C18H14N.C16H11N2.Ir/c1-14-12-18(16-10-6-3-7-11-16)19-13-17(14)15-8-4-2-5-9-15;1-2-6-13(7-3-1)14-8-4-9-15(12-14)16-17-10-5-11-18-16;/h2-10,12-13H,1H3;1-8,10-12H;/q2*-1;. The van der Waals surface area contributed by atoms with E-state index in [-0.39, 0.29) is 20.1 Å². The molecule has 0 atom stereocenters. The number of aromatic nitrogens is 3. The second kappa shape index (κ2) is 13.3. The molecule has 0 saturated carbocycles. The van der Waals surface area contributed by atoms with Gasteiger partial charge in [-0.1, -0.05) is 66.7 Å². The number of nitrogens with zero attached hydrogens (tertiary/aromatic N) is 3. The summed E-state index contributed by atoms with van der Waals surface area (Å²) in [6, 6.07) is 44.8. The van der Waals surface area contributed by atoms with Crippen molar-refractivity contribution in [2.24, 2.45) is 0 Å². The summed E-state index contributed by atoms with van der Waals surface area (Å²) in [7, 11) is 0. The average Bonchev–Trinajstić information content (AvgIpc) is 2.99. The minimum Gasteiger partial charge on any atom is -0.304 e. The van der Waals surface area contributed by atoms with Crippen molar-refractivity contribution in [3.63, 3.8) is 0 Å². The van der Waals surface area contributed by atoms with Crippen molar-refractivity contribution in [3.05, 3.63) is 152 Å². The Hall–Kier alpha value is -4.24. The Labute approximate surface area is 237 Å². The fourth-order valence-electron chi connectivity index (χ4n) is 4.02. The second-order valence-corrected chi connectivity index (χ2v) is 8.46. The van der Waals surface area contributed by atoms with Crippen molar-refractivity contribution < 1.29 is 20.1 Å². The molecule has 0 spiro atoms. The van der Waals surface area contributed by atoms with Gasteiger partial charge in [0, 0.05) is 44.3 Å². The van der Waals surface area contributed by atoms with E-state index in [0.29, 0.717) is 5.82 Å². The van der Waals surface area contributed by atoms with Crippen LogP contribution in [0.3, 0.4) is 0 Å². The minimum atomic E-state index is 0. The Balaban J connectivity index is 0.000000173. The van der Waals surface area contributed by atoms with Gasteiger partial charge in [0.2, 0.25) is 0 Å². The molecule has 4 aromatic carbocycles. The molecule has 2 aromatic heterocycles. The topological polar surface area (TPSA) is 38.7 Å². The van der Waals surface area contributed by atoms with E-state index in [4.69, 9.17) is 0 Å². The van der Waals surface area contributed by atoms with E-state index < -0.39 is 0 Å². The van der Waals surface area contributed by atoms with E-state index in [1.165, 1.54) is 22.3 Å². The first kappa shape index (κ1) is 26.8. The molecule has 6 rings (SSSR count). The van der Waals surface area contributed by atoms with Gasteiger partial charge in [-0.2, -0.15) is 0 Å². The summed E-state index contributed by atoms with van der Waals surface area (Å²) in [4.78, 5) is 13.0. The van der Waals surface area contributed by atoms with Gasteiger partial charge in [-0.25, -0.2) is 0 Å². The summed E-state index contributed by atoms with van der Waals surface area (Å²) in [6.07, 6.45) is 5.43. The van der Waals surface area contributed by atoms with Crippen LogP contribution in [0.25, 0.3) is 44.9 Å². The van der Waals surface area contributed by atoms with Crippen LogP contribution < -0.4 is 0 Å². The average molecular weight is 668 g/mol. The van der Waals surface area contributed by atoms with Crippen LogP contribution in [0.4, 0.5) is 0 Å². The molecule has 6 aromatic rings. The van der Waals surface area contributed by atoms with Gasteiger partial charge in [0.1, 0.15) is 0 Å². The van der Waals surface area contributed by atoms with Crippen molar-refractivity contribution in [2.45, 2.75) is 6.92 Å². The van der Waals surface area contributed by atoms with Crippen LogP contribution in [0.1, 0.15) is 5.56 Å². The number of pyridine rings is 1. The van der Waals surface area contributed by atoms with E-state index >= 15 is 0 Å². The maximum atomic E-state index is 4.55. The number of aryl methyl sites for hydroxylation is 1. The Morgan fingerprint density at radius 3 is 1.87 bits per heavy atom. The van der Waals surface area contributed by atoms with E-state index in [1.54, 1.807) is 12.4 Å². The second-order valence-electron chi connectivity index (χ2n) is 8.46. The summed E-state index contributed by atoms with van der Waals surface area (Å²) in [5.74, 6) is 0.704. The Morgan fingerprint density at radius 2 is 1.21 bits per heavy atom. The SMILES string of the molecule is Cc1cc(-c2[c-]cccc2)ncc1-c1ccccc1.[Ir].[c-]1ccc(-c2ccccc2)cc1-c1ncccn1. The molecular weight excluding hydrogens is 643 g/mol. The Kier molecular flexibility index (Phi) is 9.42. The van der Waals surface area contributed by atoms with Crippen molar-refractivity contribution in [3.8, 4) is 44.9 Å². The van der Waals surface area contributed by atoms with Crippen LogP contribution in [0.5, 0.6) is 0 Å². The largest absolute Gasteiger partial charge is 0.304 e. The molecule has 38 heavy (non-hydrogen) atoms. The normalized spacial score (nSPS) is 10.0. The van der Waals surface area contributed by atoms with Crippen molar-refractivity contribution in [2.75, 3.05) is 0 Å². The monoisotopic (exact) mass is 668 g/mol. The molecule has 0 saturated heterocycles. The van der Waals surface area contributed by atoms with E-state index in [2.05, 4.69) is 70.4 Å². The van der Waals surface area contributed by atoms with E-state index in [0.717, 1.165) is 22.4 Å². The quantitative estimate of drug-likeness (QED) is 0.178. The molecule has 0 bridgehead atoms. The molecule has 0 aliphatic heterocycles. The van der Waals surface area contributed by atoms with Crippen molar-refractivity contribution in [1.82, 2.24) is 15.0 Å².